The van der Waals surface area contributed by atoms with E-state index in [0.717, 1.165) is 7.11 Å². The van der Waals surface area contributed by atoms with Crippen LogP contribution in [0.15, 0.2) is 0 Å². The second-order valence-corrected chi connectivity index (χ2v) is 0.785. The van der Waals surface area contributed by atoms with Crippen LogP contribution in [0.1, 0.15) is 0 Å². The molecule has 1 N–H and O–H groups in total. The minimum absolute atomic E-state index is 0. The van der Waals surface area contributed by atoms with Crippen molar-refractivity contribution in [1.29, 1.82) is 0 Å². The first-order chi connectivity index (χ1) is 3.94. The number of carboxylic acid groups (broad SMARTS) is 1. The zero-order chi connectivity index (χ0) is 8.08. The van der Waals surface area contributed by atoms with Gasteiger partial charge < -0.3 is 15.0 Å². The Morgan fingerprint density at radius 3 is 1.50 bits per heavy atom. The third-order valence-corrected chi connectivity index (χ3v) is 0.231. The van der Waals surface area contributed by atoms with Gasteiger partial charge in [-0.3, -0.25) is 0 Å². The molecule has 0 atom stereocenters. The summed E-state index contributed by atoms with van der Waals surface area (Å²) in [6, 6.07) is 0. The maximum Gasteiger partial charge on any atom is 1.00 e. The Hall–Kier alpha value is -0.0397. The maximum absolute atomic E-state index is 10.5. The second-order valence-electron chi connectivity index (χ2n) is 0.785. The van der Waals surface area contributed by atoms with Crippen LogP contribution in [-0.4, -0.2) is 24.4 Å². The number of hydrogen-bond acceptors (Lipinski definition) is 3. The predicted molar refractivity (Wildman–Crippen MR) is 19.2 cm³/mol. The first kappa shape index (κ1) is 16.5. The molecule has 0 radical (unpaired) electrons. The van der Waals surface area contributed by atoms with Crippen LogP contribution >= 0.6 is 0 Å². The van der Waals surface area contributed by atoms with E-state index in [4.69, 9.17) is 15.0 Å². The molecule has 0 fully saturated rings. The van der Waals surface area contributed by atoms with Crippen molar-refractivity contribution < 1.29 is 50.6 Å². The van der Waals surface area contributed by atoms with E-state index in [1.54, 1.807) is 0 Å². The van der Waals surface area contributed by atoms with Gasteiger partial charge in [0, 0.05) is 7.11 Å². The molecule has 10 heavy (non-hydrogen) atoms. The molecule has 66 valence electrons. The summed E-state index contributed by atoms with van der Waals surface area (Å²) in [7, 11) is 1.00. The van der Waals surface area contributed by atoms with E-state index in [1.807, 2.05) is 0 Å². The summed E-state index contributed by atoms with van der Waals surface area (Å²) in [6.07, 6.45) is -5.19. The number of rotatable bonds is 0. The number of hydrogen-bond donors (Lipinski definition) is 1. The van der Waals surface area contributed by atoms with Gasteiger partial charge in [-0.25, -0.2) is 0 Å². The van der Waals surface area contributed by atoms with Crippen LogP contribution in [0, 0.1) is 0 Å². The molecule has 0 rings (SSSR count). The van der Waals surface area contributed by atoms with Gasteiger partial charge >= 0.3 is 28.6 Å². The van der Waals surface area contributed by atoms with Crippen molar-refractivity contribution in [2.45, 2.75) is 6.18 Å². The van der Waals surface area contributed by atoms with E-state index in [0.29, 0.717) is 0 Å². The standard InChI is InChI=1S/C2HF3O2.CH4O.Ag/c3-2(4,5)1(6)7;1-2;/h(H,6,7);2H,1H3;/q;;+1/p-1. The first-order valence-electron chi connectivity index (χ1n) is 1.67. The van der Waals surface area contributed by atoms with Gasteiger partial charge in [0.2, 0.25) is 0 Å². The Bertz CT molecular complexity index is 91.5. The van der Waals surface area contributed by atoms with Gasteiger partial charge in [0.15, 0.2) is 0 Å². The fourth-order valence-corrected chi connectivity index (χ4v) is 0. The number of carbonyl (C=O) groups is 1. The molecule has 0 saturated heterocycles. The average Bonchev–Trinajstić information content (AvgIpc) is 1.69. The topological polar surface area (TPSA) is 60.4 Å². The van der Waals surface area contributed by atoms with Gasteiger partial charge in [-0.15, -0.1) is 0 Å². The van der Waals surface area contributed by atoms with Crippen molar-refractivity contribution in [1.82, 2.24) is 0 Å². The third kappa shape index (κ3) is 10.9. The molecule has 0 aliphatic rings. The molecule has 0 aromatic rings. The molecule has 3 nitrogen and oxygen atoms in total. The van der Waals surface area contributed by atoms with Crippen molar-refractivity contribution >= 4 is 5.97 Å². The fraction of sp³-hybridized carbons (Fsp3) is 0.667. The van der Waals surface area contributed by atoms with Gasteiger partial charge in [-0.2, -0.15) is 13.2 Å². The minimum Gasteiger partial charge on any atom is -0.542 e. The number of aliphatic hydroxyl groups is 1. The van der Waals surface area contributed by atoms with Crippen LogP contribution < -0.4 is 5.11 Å². The molecule has 0 bridgehead atoms. The Morgan fingerprint density at radius 1 is 1.40 bits per heavy atom. The maximum atomic E-state index is 10.5. The quantitative estimate of drug-likeness (QED) is 0.557. The smallest absolute Gasteiger partial charge is 0.542 e. The molecule has 0 amide bonds. The molecule has 0 aliphatic carbocycles. The predicted octanol–water partition coefficient (Wildman–Crippen LogP) is -1.10. The van der Waals surface area contributed by atoms with Crippen LogP contribution in [0.4, 0.5) is 13.2 Å². The number of carbonyl (C=O) groups excluding carboxylic acids is 1. The first-order valence-corrected chi connectivity index (χ1v) is 1.67. The van der Waals surface area contributed by atoms with Gasteiger partial charge in [0.1, 0.15) is 5.97 Å². The third-order valence-electron chi connectivity index (χ3n) is 0.231. The summed E-state index contributed by atoms with van der Waals surface area (Å²) < 4.78 is 31.5. The van der Waals surface area contributed by atoms with Gasteiger partial charge in [0.25, 0.3) is 0 Å². The monoisotopic (exact) mass is 252 g/mol. The van der Waals surface area contributed by atoms with E-state index < -0.39 is 12.1 Å². The van der Waals surface area contributed by atoms with Crippen LogP contribution in [0.5, 0.6) is 0 Å². The Kier molecular flexibility index (Phi) is 11.7. The average molecular weight is 253 g/mol. The van der Waals surface area contributed by atoms with Crippen molar-refractivity contribution in [3.63, 3.8) is 0 Å². The summed E-state index contributed by atoms with van der Waals surface area (Å²) in [5.74, 6) is -3.01. The summed E-state index contributed by atoms with van der Waals surface area (Å²) in [5.41, 5.74) is 0. The molecule has 0 aromatic carbocycles. The van der Waals surface area contributed by atoms with Gasteiger partial charge in [-0.1, -0.05) is 0 Å². The second kappa shape index (κ2) is 7.07. The molecule has 0 aromatic heterocycles. The largest absolute Gasteiger partial charge is 1.00 e. The molecule has 0 unspecified atom stereocenters. The summed E-state index contributed by atoms with van der Waals surface area (Å²) in [4.78, 5) is 8.78. The summed E-state index contributed by atoms with van der Waals surface area (Å²) in [6.45, 7) is 0. The molecular weight excluding hydrogens is 249 g/mol. The molecule has 0 heterocycles. The zero-order valence-corrected chi connectivity index (χ0v) is 6.18. The van der Waals surface area contributed by atoms with E-state index in [2.05, 4.69) is 0 Å². The normalized spacial score (nSPS) is 8.50. The number of aliphatic hydroxyl groups excluding tert-OH is 1. The number of halogens is 3. The van der Waals surface area contributed by atoms with Crippen molar-refractivity contribution in [2.75, 3.05) is 7.11 Å². The van der Waals surface area contributed by atoms with Crippen LogP contribution in [0.25, 0.3) is 0 Å². The van der Waals surface area contributed by atoms with Crippen LogP contribution in [0.3, 0.4) is 0 Å². The van der Waals surface area contributed by atoms with E-state index >= 15 is 0 Å². The Morgan fingerprint density at radius 2 is 1.50 bits per heavy atom. The molecule has 0 saturated carbocycles. The number of alkyl halides is 3. The Labute approximate surface area is 70.4 Å². The van der Waals surface area contributed by atoms with Crippen molar-refractivity contribution in [3.8, 4) is 0 Å². The van der Waals surface area contributed by atoms with E-state index in [1.165, 1.54) is 0 Å². The van der Waals surface area contributed by atoms with Crippen LogP contribution in [0.2, 0.25) is 0 Å². The Balaban J connectivity index is -0.000000149. The summed E-state index contributed by atoms with van der Waals surface area (Å²) >= 11 is 0. The van der Waals surface area contributed by atoms with Crippen molar-refractivity contribution in [2.24, 2.45) is 0 Å². The number of carboxylic acids is 1. The minimum atomic E-state index is -5.19. The van der Waals surface area contributed by atoms with Crippen molar-refractivity contribution in [3.05, 3.63) is 0 Å². The molecular formula is C3H4AgF3O3. The van der Waals surface area contributed by atoms with Crippen LogP contribution in [-0.2, 0) is 27.2 Å². The zero-order valence-electron chi connectivity index (χ0n) is 4.70. The molecule has 0 spiro atoms. The SMILES string of the molecule is CO.O=C([O-])C(F)(F)F.[Ag+]. The summed E-state index contributed by atoms with van der Waals surface area (Å²) in [5, 5.41) is 15.8. The van der Waals surface area contributed by atoms with E-state index in [9.17, 15) is 13.2 Å². The van der Waals surface area contributed by atoms with Gasteiger partial charge in [0.05, 0.1) is 0 Å². The van der Waals surface area contributed by atoms with E-state index in [-0.39, 0.29) is 22.4 Å². The fourth-order valence-electron chi connectivity index (χ4n) is 0. The number of aliphatic carboxylic acids is 1. The molecule has 0 aliphatic heterocycles. The molecule has 7 heteroatoms. The van der Waals surface area contributed by atoms with Gasteiger partial charge in [-0.05, 0) is 0 Å².